The summed E-state index contributed by atoms with van der Waals surface area (Å²) in [5.74, 6) is 0. The van der Waals surface area contributed by atoms with Crippen molar-refractivity contribution in [2.45, 2.75) is 20.3 Å². The van der Waals surface area contributed by atoms with Crippen LogP contribution >= 0.6 is 11.6 Å². The summed E-state index contributed by atoms with van der Waals surface area (Å²) < 4.78 is 1.94. The number of hydrogen-bond donors (Lipinski definition) is 0. The van der Waals surface area contributed by atoms with E-state index < -0.39 is 0 Å². The number of aryl methyl sites for hydroxylation is 3. The molecule has 14 heavy (non-hydrogen) atoms. The molecule has 0 fully saturated rings. The van der Waals surface area contributed by atoms with Crippen molar-refractivity contribution >= 4 is 22.5 Å². The van der Waals surface area contributed by atoms with Crippen LogP contribution in [0.5, 0.6) is 0 Å². The zero-order valence-corrected chi connectivity index (χ0v) is 9.39. The summed E-state index contributed by atoms with van der Waals surface area (Å²) in [7, 11) is 1.98. The highest BCUT2D eigenvalue weighted by Crippen LogP contribution is 2.25. The summed E-state index contributed by atoms with van der Waals surface area (Å²) in [5.41, 5.74) is 3.45. The minimum absolute atomic E-state index is 0.790. The molecule has 0 spiro atoms. The molecule has 0 N–H and O–H groups in total. The molecule has 2 rings (SSSR count). The molecule has 1 aromatic carbocycles. The fourth-order valence-electron chi connectivity index (χ4n) is 1.89. The fourth-order valence-corrected chi connectivity index (χ4v) is 2.16. The second kappa shape index (κ2) is 3.28. The maximum Gasteiger partial charge on any atom is 0.0956 e. The van der Waals surface area contributed by atoms with E-state index in [1.807, 2.05) is 30.8 Å². The van der Waals surface area contributed by atoms with E-state index in [-0.39, 0.29) is 0 Å². The van der Waals surface area contributed by atoms with Gasteiger partial charge < -0.3 is 0 Å². The molecule has 0 aliphatic carbocycles. The Morgan fingerprint density at radius 3 is 2.79 bits per heavy atom. The first-order chi connectivity index (χ1) is 6.63. The third-order valence-electron chi connectivity index (χ3n) is 2.55. The normalized spacial score (nSPS) is 11.1. The second-order valence-electron chi connectivity index (χ2n) is 3.54. The van der Waals surface area contributed by atoms with Gasteiger partial charge in [0.2, 0.25) is 0 Å². The Morgan fingerprint density at radius 1 is 1.43 bits per heavy atom. The van der Waals surface area contributed by atoms with Crippen LogP contribution in [-0.4, -0.2) is 9.78 Å². The molecule has 0 atom stereocenters. The zero-order valence-electron chi connectivity index (χ0n) is 8.63. The molecule has 0 unspecified atom stereocenters. The smallest absolute Gasteiger partial charge is 0.0956 e. The molecule has 0 saturated carbocycles. The number of fused-ring (bicyclic) bond motifs is 1. The summed E-state index contributed by atoms with van der Waals surface area (Å²) in [6.45, 7) is 4.17. The third-order valence-corrected chi connectivity index (χ3v) is 2.77. The van der Waals surface area contributed by atoms with Gasteiger partial charge in [0.1, 0.15) is 0 Å². The van der Waals surface area contributed by atoms with Crippen LogP contribution in [0.2, 0.25) is 5.02 Å². The molecule has 0 bridgehead atoms. The largest absolute Gasteiger partial charge is 0.271 e. The first-order valence-electron chi connectivity index (χ1n) is 4.75. The van der Waals surface area contributed by atoms with Crippen molar-refractivity contribution in [3.05, 3.63) is 28.4 Å². The number of halogens is 1. The summed E-state index contributed by atoms with van der Waals surface area (Å²) in [6.07, 6.45) is 0.979. The minimum Gasteiger partial charge on any atom is -0.271 e. The van der Waals surface area contributed by atoms with Gasteiger partial charge in [-0.05, 0) is 31.0 Å². The Balaban J connectivity index is 2.87. The summed E-state index contributed by atoms with van der Waals surface area (Å²) in [6, 6.07) is 3.95. The quantitative estimate of drug-likeness (QED) is 0.704. The average Bonchev–Trinajstić information content (AvgIpc) is 2.41. The van der Waals surface area contributed by atoms with Crippen LogP contribution in [0.4, 0.5) is 0 Å². The van der Waals surface area contributed by atoms with Crippen molar-refractivity contribution in [3.63, 3.8) is 0 Å². The average molecular weight is 209 g/mol. The van der Waals surface area contributed by atoms with E-state index in [0.29, 0.717) is 0 Å². The predicted octanol–water partition coefficient (Wildman–Crippen LogP) is 3.10. The molecule has 2 nitrogen and oxygen atoms in total. The van der Waals surface area contributed by atoms with E-state index in [9.17, 15) is 0 Å². The van der Waals surface area contributed by atoms with E-state index in [1.54, 1.807) is 0 Å². The molecule has 0 amide bonds. The lowest BCUT2D eigenvalue weighted by molar-refractivity contribution is 0.727. The Labute approximate surface area is 88.5 Å². The van der Waals surface area contributed by atoms with Crippen LogP contribution in [0.15, 0.2) is 12.1 Å². The summed E-state index contributed by atoms with van der Waals surface area (Å²) in [4.78, 5) is 0. The van der Waals surface area contributed by atoms with Crippen LogP contribution in [0.1, 0.15) is 18.2 Å². The van der Waals surface area contributed by atoms with Gasteiger partial charge in [-0.3, -0.25) is 4.68 Å². The minimum atomic E-state index is 0.790. The molecule has 3 heteroatoms. The first kappa shape index (κ1) is 9.53. The Kier molecular flexibility index (Phi) is 2.23. The SMILES string of the molecule is CCc1c2cc(Cl)cc(C)c2nn1C. The number of hydrogen-bond acceptors (Lipinski definition) is 1. The van der Waals surface area contributed by atoms with Gasteiger partial charge in [-0.1, -0.05) is 18.5 Å². The summed E-state index contributed by atoms with van der Waals surface area (Å²) in [5, 5.41) is 6.45. The molecule has 0 radical (unpaired) electrons. The van der Waals surface area contributed by atoms with Crippen molar-refractivity contribution in [2.75, 3.05) is 0 Å². The Hall–Kier alpha value is -1.02. The molecular formula is C11H13ClN2. The molecule has 1 aromatic heterocycles. The van der Waals surface area contributed by atoms with E-state index >= 15 is 0 Å². The maximum absolute atomic E-state index is 6.03. The van der Waals surface area contributed by atoms with Crippen molar-refractivity contribution in [3.8, 4) is 0 Å². The topological polar surface area (TPSA) is 17.8 Å². The van der Waals surface area contributed by atoms with Crippen molar-refractivity contribution in [2.24, 2.45) is 7.05 Å². The van der Waals surface area contributed by atoms with Crippen LogP contribution in [0.25, 0.3) is 10.9 Å². The lowest BCUT2D eigenvalue weighted by Gasteiger charge is -1.98. The van der Waals surface area contributed by atoms with Crippen LogP contribution in [0, 0.1) is 6.92 Å². The van der Waals surface area contributed by atoms with Gasteiger partial charge >= 0.3 is 0 Å². The molecule has 0 saturated heterocycles. The van der Waals surface area contributed by atoms with E-state index in [0.717, 1.165) is 22.5 Å². The molecule has 0 aliphatic rings. The Morgan fingerprint density at radius 2 is 2.14 bits per heavy atom. The monoisotopic (exact) mass is 208 g/mol. The summed E-state index contributed by atoms with van der Waals surface area (Å²) >= 11 is 6.03. The maximum atomic E-state index is 6.03. The van der Waals surface area contributed by atoms with Crippen LogP contribution < -0.4 is 0 Å². The molecule has 2 aromatic rings. The number of aromatic nitrogens is 2. The van der Waals surface area contributed by atoms with Crippen LogP contribution in [-0.2, 0) is 13.5 Å². The van der Waals surface area contributed by atoms with E-state index in [2.05, 4.69) is 12.0 Å². The highest BCUT2D eigenvalue weighted by atomic mass is 35.5. The number of nitrogens with zero attached hydrogens (tertiary/aromatic N) is 2. The Bertz CT molecular complexity index is 485. The lowest BCUT2D eigenvalue weighted by Crippen LogP contribution is -1.95. The molecule has 0 aliphatic heterocycles. The van der Waals surface area contributed by atoms with Gasteiger partial charge in [-0.15, -0.1) is 0 Å². The predicted molar refractivity (Wildman–Crippen MR) is 59.8 cm³/mol. The molecule has 74 valence electrons. The molecular weight excluding hydrogens is 196 g/mol. The standard InChI is InChI=1S/C11H13ClN2/c1-4-10-9-6-8(12)5-7(2)11(9)13-14(10)3/h5-6H,4H2,1-3H3. The van der Waals surface area contributed by atoms with Crippen molar-refractivity contribution in [1.82, 2.24) is 9.78 Å². The lowest BCUT2D eigenvalue weighted by atomic mass is 10.1. The number of rotatable bonds is 1. The van der Waals surface area contributed by atoms with Gasteiger partial charge in [-0.2, -0.15) is 5.10 Å². The van der Waals surface area contributed by atoms with Crippen molar-refractivity contribution in [1.29, 1.82) is 0 Å². The van der Waals surface area contributed by atoms with Crippen molar-refractivity contribution < 1.29 is 0 Å². The van der Waals surface area contributed by atoms with Gasteiger partial charge in [0.15, 0.2) is 0 Å². The van der Waals surface area contributed by atoms with Crippen LogP contribution in [0.3, 0.4) is 0 Å². The fraction of sp³-hybridized carbons (Fsp3) is 0.364. The third kappa shape index (κ3) is 1.30. The van der Waals surface area contributed by atoms with Gasteiger partial charge in [-0.25, -0.2) is 0 Å². The number of benzene rings is 1. The first-order valence-corrected chi connectivity index (χ1v) is 5.13. The molecule has 1 heterocycles. The van der Waals surface area contributed by atoms with E-state index in [1.165, 1.54) is 11.1 Å². The van der Waals surface area contributed by atoms with E-state index in [4.69, 9.17) is 11.6 Å². The highest BCUT2D eigenvalue weighted by Gasteiger charge is 2.09. The van der Waals surface area contributed by atoms with Gasteiger partial charge in [0.25, 0.3) is 0 Å². The second-order valence-corrected chi connectivity index (χ2v) is 3.98. The highest BCUT2D eigenvalue weighted by molar-refractivity contribution is 6.31. The van der Waals surface area contributed by atoms with Gasteiger partial charge in [0.05, 0.1) is 5.52 Å². The van der Waals surface area contributed by atoms with Gasteiger partial charge in [0, 0.05) is 23.2 Å². The zero-order chi connectivity index (χ0) is 10.3.